The Balaban J connectivity index is 1.78. The molecule has 1 aromatic rings. The number of carbonyl (C=O) groups is 2. The van der Waals surface area contributed by atoms with E-state index in [9.17, 15) is 19.8 Å². The SMILES string of the molecule is C[C@@H](O)[C@H]1C(=O)N2C(C(=O)O)=C(SCc3ccncc3)C[C@@H]12. The van der Waals surface area contributed by atoms with Crippen molar-refractivity contribution in [3.05, 3.63) is 40.7 Å². The second-order valence-corrected chi connectivity index (χ2v) is 6.54. The van der Waals surface area contributed by atoms with Gasteiger partial charge in [0.2, 0.25) is 5.91 Å². The predicted octanol–water partition coefficient (Wildman–Crippen LogP) is 1.22. The molecule has 1 amide bonds. The Kier molecular flexibility index (Phi) is 3.92. The van der Waals surface area contributed by atoms with E-state index in [0.29, 0.717) is 17.1 Å². The van der Waals surface area contributed by atoms with Crippen LogP contribution in [0.4, 0.5) is 0 Å². The van der Waals surface area contributed by atoms with Crippen molar-refractivity contribution in [2.75, 3.05) is 0 Å². The van der Waals surface area contributed by atoms with Crippen LogP contribution in [0.3, 0.4) is 0 Å². The number of amides is 1. The summed E-state index contributed by atoms with van der Waals surface area (Å²) in [5.41, 5.74) is 1.12. The number of aliphatic carboxylic acids is 1. The molecule has 2 aliphatic rings. The van der Waals surface area contributed by atoms with Gasteiger partial charge in [0.15, 0.2) is 0 Å². The summed E-state index contributed by atoms with van der Waals surface area (Å²) in [5, 5.41) is 19.1. The zero-order chi connectivity index (χ0) is 15.9. The largest absolute Gasteiger partial charge is 0.477 e. The van der Waals surface area contributed by atoms with Gasteiger partial charge in [0, 0.05) is 29.5 Å². The van der Waals surface area contributed by atoms with Crippen molar-refractivity contribution in [3.63, 3.8) is 0 Å². The van der Waals surface area contributed by atoms with Crippen LogP contribution in [0.5, 0.6) is 0 Å². The van der Waals surface area contributed by atoms with Crippen LogP contribution in [0.25, 0.3) is 0 Å². The standard InChI is InChI=1S/C15H16N2O4S/c1-8(18)12-10-6-11(13(15(20)21)17(10)14(12)19)22-7-9-2-4-16-5-3-9/h2-5,8,10,12,18H,6-7H2,1H3,(H,20,21)/t8-,10+,12-/m1/s1. The average molecular weight is 320 g/mol. The van der Waals surface area contributed by atoms with E-state index in [2.05, 4.69) is 4.98 Å². The van der Waals surface area contributed by atoms with Crippen molar-refractivity contribution in [2.45, 2.75) is 31.2 Å². The topological polar surface area (TPSA) is 90.7 Å². The fraction of sp³-hybridized carbons (Fsp3) is 0.400. The first-order valence-electron chi connectivity index (χ1n) is 7.00. The number of carbonyl (C=O) groups excluding carboxylic acids is 1. The Morgan fingerprint density at radius 3 is 2.77 bits per heavy atom. The number of thioether (sulfide) groups is 1. The number of aromatic nitrogens is 1. The van der Waals surface area contributed by atoms with Crippen LogP contribution in [0.1, 0.15) is 18.9 Å². The lowest BCUT2D eigenvalue weighted by molar-refractivity contribution is -0.161. The molecule has 0 unspecified atom stereocenters. The van der Waals surface area contributed by atoms with Crippen molar-refractivity contribution in [2.24, 2.45) is 5.92 Å². The first kappa shape index (κ1) is 15.1. The Morgan fingerprint density at radius 2 is 2.18 bits per heavy atom. The molecular weight excluding hydrogens is 304 g/mol. The van der Waals surface area contributed by atoms with Gasteiger partial charge in [-0.1, -0.05) is 0 Å². The predicted molar refractivity (Wildman–Crippen MR) is 80.6 cm³/mol. The number of rotatable bonds is 5. The van der Waals surface area contributed by atoms with E-state index in [4.69, 9.17) is 0 Å². The second-order valence-electron chi connectivity index (χ2n) is 5.47. The molecule has 0 saturated carbocycles. The van der Waals surface area contributed by atoms with Crippen LogP contribution in [0, 0.1) is 5.92 Å². The summed E-state index contributed by atoms with van der Waals surface area (Å²) >= 11 is 1.43. The third-order valence-corrected chi connectivity index (χ3v) is 5.24. The minimum absolute atomic E-state index is 0.0750. The fourth-order valence-electron chi connectivity index (χ4n) is 3.01. The highest BCUT2D eigenvalue weighted by Gasteiger charge is 2.56. The number of hydrogen-bond acceptors (Lipinski definition) is 5. The summed E-state index contributed by atoms with van der Waals surface area (Å²) in [7, 11) is 0. The summed E-state index contributed by atoms with van der Waals surface area (Å²) in [4.78, 5) is 29.5. The number of nitrogens with zero attached hydrogens (tertiary/aromatic N) is 2. The van der Waals surface area contributed by atoms with Crippen molar-refractivity contribution in [1.82, 2.24) is 9.88 Å². The van der Waals surface area contributed by atoms with Gasteiger partial charge in [-0.2, -0.15) is 0 Å². The average Bonchev–Trinajstić information content (AvgIpc) is 2.80. The molecule has 22 heavy (non-hydrogen) atoms. The number of carboxylic acids is 1. The van der Waals surface area contributed by atoms with Crippen molar-refractivity contribution >= 4 is 23.6 Å². The Morgan fingerprint density at radius 1 is 1.50 bits per heavy atom. The summed E-state index contributed by atoms with van der Waals surface area (Å²) in [6, 6.07) is 3.53. The highest BCUT2D eigenvalue weighted by molar-refractivity contribution is 8.02. The number of β-lactam (4-membered cyclic amide) rings is 1. The van der Waals surface area contributed by atoms with E-state index < -0.39 is 18.0 Å². The lowest BCUT2D eigenvalue weighted by Crippen LogP contribution is -2.61. The highest BCUT2D eigenvalue weighted by atomic mass is 32.2. The molecule has 1 aromatic heterocycles. The molecule has 0 aliphatic carbocycles. The maximum atomic E-state index is 12.1. The smallest absolute Gasteiger partial charge is 0.353 e. The summed E-state index contributed by atoms with van der Waals surface area (Å²) in [5.74, 6) is -1.25. The van der Waals surface area contributed by atoms with E-state index in [1.807, 2.05) is 12.1 Å². The molecule has 0 bridgehead atoms. The molecule has 7 heteroatoms. The molecule has 1 saturated heterocycles. The maximum absolute atomic E-state index is 12.1. The molecule has 1 fully saturated rings. The molecule has 3 rings (SSSR count). The third kappa shape index (κ3) is 2.40. The molecule has 2 aliphatic heterocycles. The van der Waals surface area contributed by atoms with Gasteiger partial charge in [0.05, 0.1) is 18.1 Å². The quantitative estimate of drug-likeness (QED) is 0.793. The van der Waals surface area contributed by atoms with Crippen LogP contribution in [0.15, 0.2) is 35.1 Å². The van der Waals surface area contributed by atoms with Crippen LogP contribution in [0.2, 0.25) is 0 Å². The molecule has 116 valence electrons. The fourth-order valence-corrected chi connectivity index (χ4v) is 4.15. The van der Waals surface area contributed by atoms with Crippen LogP contribution in [-0.4, -0.2) is 44.1 Å². The highest BCUT2D eigenvalue weighted by Crippen LogP contribution is 2.47. The van der Waals surface area contributed by atoms with E-state index in [1.165, 1.54) is 16.7 Å². The first-order valence-corrected chi connectivity index (χ1v) is 7.98. The minimum Gasteiger partial charge on any atom is -0.477 e. The molecule has 0 aromatic carbocycles. The van der Waals surface area contributed by atoms with E-state index in [0.717, 1.165) is 5.56 Å². The van der Waals surface area contributed by atoms with Crippen LogP contribution < -0.4 is 0 Å². The molecule has 2 N–H and O–H groups in total. The van der Waals surface area contributed by atoms with Gasteiger partial charge < -0.3 is 15.1 Å². The molecule has 3 atom stereocenters. The van der Waals surface area contributed by atoms with Gasteiger partial charge >= 0.3 is 5.97 Å². The van der Waals surface area contributed by atoms with Crippen LogP contribution in [-0.2, 0) is 15.3 Å². The van der Waals surface area contributed by atoms with Gasteiger partial charge in [-0.05, 0) is 24.6 Å². The van der Waals surface area contributed by atoms with Gasteiger partial charge in [-0.15, -0.1) is 11.8 Å². The molecule has 0 radical (unpaired) electrons. The summed E-state index contributed by atoms with van der Waals surface area (Å²) in [6.07, 6.45) is 3.13. The minimum atomic E-state index is -1.09. The summed E-state index contributed by atoms with van der Waals surface area (Å²) < 4.78 is 0. The Hall–Kier alpha value is -1.86. The summed E-state index contributed by atoms with van der Waals surface area (Å²) in [6.45, 7) is 1.57. The Bertz CT molecular complexity index is 644. The van der Waals surface area contributed by atoms with E-state index in [1.54, 1.807) is 19.3 Å². The van der Waals surface area contributed by atoms with E-state index >= 15 is 0 Å². The molecular formula is C15H16N2O4S. The number of hydrogen-bond donors (Lipinski definition) is 2. The lowest BCUT2D eigenvalue weighted by atomic mass is 9.83. The van der Waals surface area contributed by atoms with Gasteiger partial charge in [0.25, 0.3) is 0 Å². The normalized spacial score (nSPS) is 25.0. The zero-order valence-electron chi connectivity index (χ0n) is 12.0. The van der Waals surface area contributed by atoms with Crippen molar-refractivity contribution in [3.8, 4) is 0 Å². The maximum Gasteiger partial charge on any atom is 0.353 e. The molecule has 3 heterocycles. The lowest BCUT2D eigenvalue weighted by Gasteiger charge is -2.44. The van der Waals surface area contributed by atoms with Gasteiger partial charge in [0.1, 0.15) is 5.70 Å². The number of carboxylic acid groups (broad SMARTS) is 1. The number of fused-ring (bicyclic) bond motifs is 1. The monoisotopic (exact) mass is 320 g/mol. The second kappa shape index (κ2) is 5.73. The number of aliphatic hydroxyl groups excluding tert-OH is 1. The van der Waals surface area contributed by atoms with Gasteiger partial charge in [-0.25, -0.2) is 4.79 Å². The number of pyridine rings is 1. The van der Waals surface area contributed by atoms with Crippen LogP contribution >= 0.6 is 11.8 Å². The van der Waals surface area contributed by atoms with Gasteiger partial charge in [-0.3, -0.25) is 9.78 Å². The number of aliphatic hydroxyl groups is 1. The van der Waals surface area contributed by atoms with Crippen molar-refractivity contribution in [1.29, 1.82) is 0 Å². The first-order chi connectivity index (χ1) is 10.5. The Labute approximate surface area is 131 Å². The molecule has 6 nitrogen and oxygen atoms in total. The zero-order valence-corrected chi connectivity index (χ0v) is 12.8. The third-order valence-electron chi connectivity index (χ3n) is 4.05. The van der Waals surface area contributed by atoms with E-state index in [-0.39, 0.29) is 17.6 Å². The molecule has 0 spiro atoms. The van der Waals surface area contributed by atoms with Crippen molar-refractivity contribution < 1.29 is 19.8 Å².